The van der Waals surface area contributed by atoms with Crippen LogP contribution in [0.1, 0.15) is 457 Å². The van der Waals surface area contributed by atoms with Gasteiger partial charge >= 0.3 is 5.97 Å². The lowest BCUT2D eigenvalue weighted by molar-refractivity contribution is -0.143. The van der Waals surface area contributed by atoms with Crippen LogP contribution in [0.2, 0.25) is 0 Å². The van der Waals surface area contributed by atoms with Crippen LogP contribution in [0.4, 0.5) is 0 Å². The number of hydrogen-bond acceptors (Lipinski definition) is 5. The minimum absolute atomic E-state index is 0.0193. The van der Waals surface area contributed by atoms with Gasteiger partial charge in [0.2, 0.25) is 5.91 Å². The largest absolute Gasteiger partial charge is 0.466 e. The normalized spacial score (nSPS) is 12.6. The fourth-order valence-electron chi connectivity index (χ4n) is 13.0. The summed E-state index contributed by atoms with van der Waals surface area (Å²) < 4.78 is 5.52. The van der Waals surface area contributed by atoms with Gasteiger partial charge in [-0.1, -0.05) is 416 Å². The van der Waals surface area contributed by atoms with Crippen molar-refractivity contribution in [3.8, 4) is 0 Å². The highest BCUT2D eigenvalue weighted by molar-refractivity contribution is 5.76. The zero-order valence-corrected chi connectivity index (χ0v) is 60.4. The first-order chi connectivity index (χ1) is 44.0. The summed E-state index contributed by atoms with van der Waals surface area (Å²) in [6, 6.07) is -0.624. The molecule has 0 aromatic heterocycles. The zero-order chi connectivity index (χ0) is 64.2. The van der Waals surface area contributed by atoms with Crippen molar-refractivity contribution < 1.29 is 24.5 Å². The highest BCUT2D eigenvalue weighted by Gasteiger charge is 2.18. The van der Waals surface area contributed by atoms with Crippen molar-refractivity contribution in [3.05, 3.63) is 36.5 Å². The number of ether oxygens (including phenoxy) is 1. The van der Waals surface area contributed by atoms with Gasteiger partial charge in [0, 0.05) is 12.8 Å². The monoisotopic (exact) mass is 1250 g/mol. The predicted molar refractivity (Wildman–Crippen MR) is 393 cm³/mol. The van der Waals surface area contributed by atoms with E-state index in [1.54, 1.807) is 6.08 Å². The highest BCUT2D eigenvalue weighted by atomic mass is 16.5. The molecule has 526 valence electrons. The Bertz CT molecular complexity index is 1440. The van der Waals surface area contributed by atoms with Gasteiger partial charge in [-0.3, -0.25) is 9.59 Å². The molecule has 0 aromatic carbocycles. The number of rotatable bonds is 77. The average Bonchev–Trinajstić information content (AvgIpc) is 3.63. The number of allylic oxidation sites excluding steroid dienone is 5. The van der Waals surface area contributed by atoms with E-state index in [0.29, 0.717) is 19.4 Å². The van der Waals surface area contributed by atoms with Crippen LogP contribution in [0.5, 0.6) is 0 Å². The van der Waals surface area contributed by atoms with Crippen molar-refractivity contribution in [2.45, 2.75) is 469 Å². The van der Waals surface area contributed by atoms with Gasteiger partial charge in [-0.25, -0.2) is 0 Å². The number of unbranched alkanes of at least 4 members (excludes halogenated alkanes) is 62. The van der Waals surface area contributed by atoms with Crippen molar-refractivity contribution in [1.82, 2.24) is 5.32 Å². The van der Waals surface area contributed by atoms with Gasteiger partial charge in [-0.2, -0.15) is 0 Å². The third-order valence-corrected chi connectivity index (χ3v) is 19.2. The van der Waals surface area contributed by atoms with Crippen LogP contribution in [-0.2, 0) is 14.3 Å². The maximum atomic E-state index is 12.5. The highest BCUT2D eigenvalue weighted by Crippen LogP contribution is 2.20. The molecule has 1 amide bonds. The first-order valence-electron chi connectivity index (χ1n) is 40.8. The first kappa shape index (κ1) is 87.1. The molecule has 6 nitrogen and oxygen atoms in total. The van der Waals surface area contributed by atoms with Gasteiger partial charge < -0.3 is 20.3 Å². The lowest BCUT2D eigenvalue weighted by Crippen LogP contribution is -2.45. The fraction of sp³-hybridized carbons (Fsp3) is 0.904. The number of aliphatic hydroxyl groups is 2. The van der Waals surface area contributed by atoms with Crippen LogP contribution in [0.3, 0.4) is 0 Å². The average molecular weight is 1250 g/mol. The van der Waals surface area contributed by atoms with Crippen LogP contribution in [0, 0.1) is 0 Å². The molecular weight excluding hydrogens is 1090 g/mol. The van der Waals surface area contributed by atoms with E-state index in [2.05, 4.69) is 43.5 Å². The summed E-state index contributed by atoms with van der Waals surface area (Å²) in [5.41, 5.74) is 0. The lowest BCUT2D eigenvalue weighted by atomic mass is 10.0. The molecule has 0 aliphatic heterocycles. The van der Waals surface area contributed by atoms with E-state index < -0.39 is 12.1 Å². The second-order valence-electron chi connectivity index (χ2n) is 28.1. The van der Waals surface area contributed by atoms with E-state index in [4.69, 9.17) is 4.74 Å². The Balaban J connectivity index is 3.32. The van der Waals surface area contributed by atoms with Crippen LogP contribution in [-0.4, -0.2) is 47.4 Å². The number of amides is 1. The second kappa shape index (κ2) is 78.5. The summed E-state index contributed by atoms with van der Waals surface area (Å²) in [5.74, 6) is -0.0393. The van der Waals surface area contributed by atoms with E-state index in [1.165, 1.54) is 385 Å². The molecule has 0 radical (unpaired) electrons. The van der Waals surface area contributed by atoms with Crippen molar-refractivity contribution in [3.63, 3.8) is 0 Å². The Hall–Kier alpha value is -1.92. The standard InChI is InChI=1S/C83H159NO5/c1-3-5-7-9-11-13-15-17-19-21-40-45-49-53-57-61-65-69-73-77-83(88)89-78-74-70-66-62-58-54-50-46-42-39-37-35-33-31-29-27-25-23-24-26-28-30-32-34-36-38-41-44-48-52-56-60-64-68-72-76-82(87)84-80(79-85)81(86)75-71-67-63-59-55-51-47-43-22-20-18-16-14-12-10-8-6-4-2/h11,13,17,19,71,75,80-81,85-86H,3-10,12,14-16,18,20-70,72-74,76-79H2,1-2H3,(H,84,87)/b13-11-,19-17-,75-71+. The molecule has 6 heteroatoms. The third kappa shape index (κ3) is 75.0. The Morgan fingerprint density at radius 2 is 0.562 bits per heavy atom. The molecule has 89 heavy (non-hydrogen) atoms. The summed E-state index contributed by atoms with van der Waals surface area (Å²) >= 11 is 0. The van der Waals surface area contributed by atoms with E-state index in [-0.39, 0.29) is 18.5 Å². The molecular formula is C83H159NO5. The summed E-state index contributed by atoms with van der Waals surface area (Å²) in [6.07, 6.45) is 103. The maximum absolute atomic E-state index is 12.5. The van der Waals surface area contributed by atoms with Gasteiger partial charge in [0.1, 0.15) is 0 Å². The zero-order valence-electron chi connectivity index (χ0n) is 60.4. The number of carbonyl (C=O) groups excluding carboxylic acids is 2. The summed E-state index contributed by atoms with van der Waals surface area (Å²) in [4.78, 5) is 24.7. The molecule has 0 bridgehead atoms. The topological polar surface area (TPSA) is 95.9 Å². The Labute approximate surface area is 557 Å². The molecule has 0 aliphatic carbocycles. The Kier molecular flexibility index (Phi) is 76.8. The molecule has 2 unspecified atom stereocenters. The smallest absolute Gasteiger partial charge is 0.305 e. The Morgan fingerprint density at radius 3 is 0.876 bits per heavy atom. The molecule has 2 atom stereocenters. The van der Waals surface area contributed by atoms with Crippen LogP contribution in [0.15, 0.2) is 36.5 Å². The second-order valence-corrected chi connectivity index (χ2v) is 28.1. The molecule has 0 saturated heterocycles. The van der Waals surface area contributed by atoms with Crippen LogP contribution in [0.25, 0.3) is 0 Å². The van der Waals surface area contributed by atoms with Crippen molar-refractivity contribution in [2.75, 3.05) is 13.2 Å². The number of esters is 1. The summed E-state index contributed by atoms with van der Waals surface area (Å²) in [5, 5.41) is 23.3. The quantitative estimate of drug-likeness (QED) is 0.0320. The van der Waals surface area contributed by atoms with E-state index >= 15 is 0 Å². The predicted octanol–water partition coefficient (Wildman–Crippen LogP) is 27.0. The summed E-state index contributed by atoms with van der Waals surface area (Å²) in [6.45, 7) is 4.93. The minimum atomic E-state index is -0.841. The van der Waals surface area contributed by atoms with Gasteiger partial charge in [-0.05, 0) is 64.2 Å². The van der Waals surface area contributed by atoms with Crippen LogP contribution < -0.4 is 5.32 Å². The molecule has 0 aliphatic rings. The Morgan fingerprint density at radius 1 is 0.315 bits per heavy atom. The number of carbonyl (C=O) groups is 2. The molecule has 0 spiro atoms. The van der Waals surface area contributed by atoms with Crippen molar-refractivity contribution in [2.24, 2.45) is 0 Å². The van der Waals surface area contributed by atoms with Crippen LogP contribution >= 0.6 is 0 Å². The lowest BCUT2D eigenvalue weighted by Gasteiger charge is -2.20. The fourth-order valence-corrected chi connectivity index (χ4v) is 13.0. The van der Waals surface area contributed by atoms with Gasteiger partial charge in [-0.15, -0.1) is 0 Å². The van der Waals surface area contributed by atoms with Gasteiger partial charge in [0.05, 0.1) is 25.4 Å². The number of nitrogens with one attached hydrogen (secondary N) is 1. The van der Waals surface area contributed by atoms with E-state index in [0.717, 1.165) is 44.9 Å². The molecule has 0 saturated carbocycles. The molecule has 0 aromatic rings. The molecule has 0 fully saturated rings. The minimum Gasteiger partial charge on any atom is -0.466 e. The molecule has 0 rings (SSSR count). The maximum Gasteiger partial charge on any atom is 0.305 e. The third-order valence-electron chi connectivity index (χ3n) is 19.2. The van der Waals surface area contributed by atoms with Crippen molar-refractivity contribution >= 4 is 11.9 Å². The summed E-state index contributed by atoms with van der Waals surface area (Å²) in [7, 11) is 0. The molecule has 0 heterocycles. The van der Waals surface area contributed by atoms with E-state index in [9.17, 15) is 19.8 Å². The van der Waals surface area contributed by atoms with Gasteiger partial charge in [0.15, 0.2) is 0 Å². The van der Waals surface area contributed by atoms with Gasteiger partial charge in [0.25, 0.3) is 0 Å². The SMILES string of the molecule is CCCCC/C=C\C/C=C\CCCCCCCCCCCC(=O)OCCCCCCCCCCCCCCCCCCCCCCCCCCCCCCCCCCCCCC(=O)NC(CO)C(O)/C=C/CCCCCCCCCCCCCCCCCC. The molecule has 3 N–H and O–H groups in total. The van der Waals surface area contributed by atoms with Crippen molar-refractivity contribution in [1.29, 1.82) is 0 Å². The number of hydrogen-bond donors (Lipinski definition) is 3. The first-order valence-corrected chi connectivity index (χ1v) is 40.8. The number of aliphatic hydroxyl groups excluding tert-OH is 2. The van der Waals surface area contributed by atoms with E-state index in [1.807, 2.05) is 6.08 Å².